The van der Waals surface area contributed by atoms with Gasteiger partial charge < -0.3 is 22.0 Å². The molecule has 0 atom stereocenters. The van der Waals surface area contributed by atoms with Gasteiger partial charge in [0.05, 0.1) is 0 Å². The molecule has 0 radical (unpaired) electrons. The molecule has 1 aromatic rings. The van der Waals surface area contributed by atoms with Gasteiger partial charge >= 0.3 is 13.2 Å². The third-order valence-electron chi connectivity index (χ3n) is 2.53. The molecular formula is C13H21BF4N2O2. The summed E-state index contributed by atoms with van der Waals surface area (Å²) in [5.74, 6) is 0.856. The Morgan fingerprint density at radius 3 is 2.50 bits per heavy atom. The van der Waals surface area contributed by atoms with Gasteiger partial charge in [0, 0.05) is 12.0 Å². The Labute approximate surface area is 127 Å². The van der Waals surface area contributed by atoms with Crippen molar-refractivity contribution in [3.8, 4) is 0 Å². The van der Waals surface area contributed by atoms with Crippen LogP contribution in [0, 0.1) is 0 Å². The van der Waals surface area contributed by atoms with Crippen LogP contribution in [0.3, 0.4) is 0 Å². The minimum absolute atomic E-state index is 0.323. The second-order valence-corrected chi connectivity index (χ2v) is 4.61. The Hall–Kier alpha value is -1.80. The van der Waals surface area contributed by atoms with Crippen LogP contribution in [-0.2, 0) is 22.5 Å². The van der Waals surface area contributed by atoms with Crippen molar-refractivity contribution < 1.29 is 31.4 Å². The fourth-order valence-electron chi connectivity index (χ4n) is 1.53. The number of unbranched alkanes of at least 4 members (excludes halogenated alkanes) is 1. The Morgan fingerprint density at radius 2 is 2.00 bits per heavy atom. The Kier molecular flexibility index (Phi) is 9.20. The maximum atomic E-state index is 11.2. The number of hydrogen-bond donors (Lipinski definition) is 1. The minimum Gasteiger partial charge on any atom is -0.458 e. The Morgan fingerprint density at radius 1 is 1.41 bits per heavy atom. The van der Waals surface area contributed by atoms with Crippen LogP contribution in [0.15, 0.2) is 24.5 Å². The number of carbonyl (C=O) groups excluding carboxylic acids is 1. The molecule has 0 bridgehead atoms. The summed E-state index contributed by atoms with van der Waals surface area (Å²) < 4.78 is 46.1. The van der Waals surface area contributed by atoms with E-state index in [9.17, 15) is 22.1 Å². The van der Waals surface area contributed by atoms with Crippen LogP contribution in [0.5, 0.6) is 0 Å². The van der Waals surface area contributed by atoms with Crippen molar-refractivity contribution in [2.45, 2.75) is 39.7 Å². The smallest absolute Gasteiger partial charge is 0.458 e. The van der Waals surface area contributed by atoms with Gasteiger partial charge in [0.1, 0.15) is 25.5 Å². The molecule has 22 heavy (non-hydrogen) atoms. The van der Waals surface area contributed by atoms with E-state index >= 15 is 0 Å². The summed E-state index contributed by atoms with van der Waals surface area (Å²) in [7, 11) is -6.00. The zero-order valence-electron chi connectivity index (χ0n) is 12.8. The van der Waals surface area contributed by atoms with Gasteiger partial charge in [-0.15, -0.1) is 0 Å². The fourth-order valence-corrected chi connectivity index (χ4v) is 1.53. The molecule has 0 fully saturated rings. The summed E-state index contributed by atoms with van der Waals surface area (Å²) in [6, 6.07) is 0. The molecule has 0 aliphatic rings. The van der Waals surface area contributed by atoms with Crippen LogP contribution in [0.4, 0.5) is 17.3 Å². The van der Waals surface area contributed by atoms with Crippen LogP contribution >= 0.6 is 0 Å². The van der Waals surface area contributed by atoms with Crippen LogP contribution in [0.1, 0.15) is 32.5 Å². The van der Waals surface area contributed by atoms with Crippen LogP contribution in [0.2, 0.25) is 0 Å². The van der Waals surface area contributed by atoms with E-state index in [-0.39, 0.29) is 5.97 Å². The molecule has 4 nitrogen and oxygen atoms in total. The fraction of sp³-hybridized carbons (Fsp3) is 0.538. The molecule has 0 saturated heterocycles. The predicted molar refractivity (Wildman–Crippen MR) is 75.6 cm³/mol. The first kappa shape index (κ1) is 20.2. The summed E-state index contributed by atoms with van der Waals surface area (Å²) in [6.45, 7) is 8.43. The second-order valence-electron chi connectivity index (χ2n) is 4.61. The van der Waals surface area contributed by atoms with Crippen molar-refractivity contribution in [2.75, 3.05) is 6.61 Å². The number of ether oxygens (including phenoxy) is 1. The molecular weight excluding hydrogens is 303 g/mol. The maximum absolute atomic E-state index is 11.2. The average molecular weight is 324 g/mol. The van der Waals surface area contributed by atoms with Gasteiger partial charge in [0.2, 0.25) is 0 Å². The number of carbonyl (C=O) groups is 1. The van der Waals surface area contributed by atoms with Crippen LogP contribution in [0.25, 0.3) is 0 Å². The summed E-state index contributed by atoms with van der Waals surface area (Å²) in [4.78, 5) is 14.4. The van der Waals surface area contributed by atoms with Crippen molar-refractivity contribution >= 4 is 13.2 Å². The van der Waals surface area contributed by atoms with Crippen molar-refractivity contribution in [3.05, 3.63) is 30.4 Å². The minimum atomic E-state index is -6.00. The lowest BCUT2D eigenvalue weighted by Crippen LogP contribution is -2.38. The summed E-state index contributed by atoms with van der Waals surface area (Å²) in [6.07, 6.45) is 7.23. The molecule has 0 aliphatic carbocycles. The Balaban J connectivity index is 0.000000763. The maximum Gasteiger partial charge on any atom is 0.673 e. The normalized spacial score (nSPS) is 10.6. The first-order chi connectivity index (χ1) is 10.1. The molecule has 1 aromatic heterocycles. The van der Waals surface area contributed by atoms with Gasteiger partial charge in [-0.25, -0.2) is 14.3 Å². The first-order valence-electron chi connectivity index (χ1n) is 6.90. The Bertz CT molecular complexity index is 469. The number of imidazole rings is 1. The van der Waals surface area contributed by atoms with Gasteiger partial charge in [-0.1, -0.05) is 19.9 Å². The van der Waals surface area contributed by atoms with Gasteiger partial charge in [-0.2, -0.15) is 0 Å². The van der Waals surface area contributed by atoms with E-state index in [4.69, 9.17) is 4.74 Å². The lowest BCUT2D eigenvalue weighted by Gasteiger charge is -2.03. The van der Waals surface area contributed by atoms with E-state index in [2.05, 4.69) is 23.1 Å². The third-order valence-corrected chi connectivity index (χ3v) is 2.53. The lowest BCUT2D eigenvalue weighted by molar-refractivity contribution is -0.703. The van der Waals surface area contributed by atoms with Crippen molar-refractivity contribution in [1.29, 1.82) is 0 Å². The molecule has 0 amide bonds. The zero-order valence-corrected chi connectivity index (χ0v) is 12.8. The molecule has 0 aromatic carbocycles. The summed E-state index contributed by atoms with van der Waals surface area (Å²) >= 11 is 0. The van der Waals surface area contributed by atoms with E-state index in [0.717, 1.165) is 12.8 Å². The largest absolute Gasteiger partial charge is 0.673 e. The van der Waals surface area contributed by atoms with Gasteiger partial charge in [-0.05, 0) is 13.3 Å². The standard InChI is InChI=1S/C13H20N2O2.BF4/c1-4-5-6-12-14-7-8-15(12)9-10-17-13(16)11(2)3;2-1(3,4)5/h7-8H,2,4-6,9-10H2,1,3H3;/q;-1/p+1. The average Bonchev–Trinajstić information content (AvgIpc) is 2.81. The number of aromatic nitrogens is 2. The van der Waals surface area contributed by atoms with E-state index in [1.54, 1.807) is 6.92 Å². The summed E-state index contributed by atoms with van der Waals surface area (Å²) in [5.41, 5.74) is 0.440. The molecule has 1 rings (SSSR count). The number of hydrogen-bond acceptors (Lipinski definition) is 2. The molecule has 1 N–H and O–H groups in total. The van der Waals surface area contributed by atoms with Crippen molar-refractivity contribution in [3.63, 3.8) is 0 Å². The number of aromatic amines is 1. The molecule has 0 aliphatic heterocycles. The highest BCUT2D eigenvalue weighted by Gasteiger charge is 2.20. The predicted octanol–water partition coefficient (Wildman–Crippen LogP) is 3.06. The van der Waals surface area contributed by atoms with Crippen LogP contribution < -0.4 is 4.57 Å². The summed E-state index contributed by atoms with van der Waals surface area (Å²) in [5, 5.41) is 0. The van der Waals surface area contributed by atoms with Crippen molar-refractivity contribution in [1.82, 2.24) is 4.98 Å². The van der Waals surface area contributed by atoms with Gasteiger partial charge in [0.25, 0.3) is 5.82 Å². The molecule has 126 valence electrons. The number of rotatable bonds is 7. The zero-order chi connectivity index (χ0) is 17.2. The topological polar surface area (TPSA) is 46.0 Å². The number of halogens is 4. The third kappa shape index (κ3) is 10.9. The van der Waals surface area contributed by atoms with Gasteiger partial charge in [0.15, 0.2) is 0 Å². The quantitative estimate of drug-likeness (QED) is 0.275. The van der Waals surface area contributed by atoms with E-state index in [1.165, 1.54) is 12.2 Å². The number of nitrogens with zero attached hydrogens (tertiary/aromatic N) is 1. The highest BCUT2D eigenvalue weighted by molar-refractivity contribution is 6.50. The molecule has 1 heterocycles. The number of esters is 1. The highest BCUT2D eigenvalue weighted by atomic mass is 19.5. The number of nitrogens with one attached hydrogen (secondary N) is 1. The molecule has 9 heteroatoms. The molecule has 0 spiro atoms. The highest BCUT2D eigenvalue weighted by Crippen LogP contribution is 2.06. The van der Waals surface area contributed by atoms with Crippen molar-refractivity contribution in [2.24, 2.45) is 0 Å². The van der Waals surface area contributed by atoms with Crippen LogP contribution in [-0.4, -0.2) is 24.8 Å². The second kappa shape index (κ2) is 10.0. The lowest BCUT2D eigenvalue weighted by atomic mass is 10.2. The van der Waals surface area contributed by atoms with Gasteiger partial charge in [-0.3, -0.25) is 0 Å². The molecule has 0 saturated carbocycles. The van der Waals surface area contributed by atoms with E-state index in [1.807, 2.05) is 12.4 Å². The number of aryl methyl sites for hydroxylation is 1. The number of H-pyrrole nitrogens is 1. The monoisotopic (exact) mass is 324 g/mol. The van der Waals surface area contributed by atoms with E-state index < -0.39 is 7.25 Å². The SMILES string of the molecule is C=C(C)C(=O)OCC[n+]1cc[nH]c1CCCC.F[B-](F)(F)F. The van der Waals surface area contributed by atoms with E-state index in [0.29, 0.717) is 18.7 Å². The first-order valence-corrected chi connectivity index (χ1v) is 6.90. The molecule has 0 unspecified atom stereocenters.